The van der Waals surface area contributed by atoms with Crippen LogP contribution in [0.2, 0.25) is 0 Å². The second kappa shape index (κ2) is 9.02. The smallest absolute Gasteiger partial charge is 0.146 e. The van der Waals surface area contributed by atoms with Crippen molar-refractivity contribution in [1.82, 2.24) is 28.5 Å². The van der Waals surface area contributed by atoms with Gasteiger partial charge >= 0.3 is 0 Å². The molecule has 0 unspecified atom stereocenters. The van der Waals surface area contributed by atoms with Gasteiger partial charge in [0.25, 0.3) is 0 Å². The molecule has 0 saturated heterocycles. The summed E-state index contributed by atoms with van der Waals surface area (Å²) in [6.45, 7) is 0. The largest absolute Gasteiger partial charge is 0.309 e. The number of para-hydroxylation sites is 3. The van der Waals surface area contributed by atoms with Crippen molar-refractivity contribution in [2.45, 2.75) is 0 Å². The number of benzene rings is 5. The maximum atomic E-state index is 5.14. The van der Waals surface area contributed by atoms with Gasteiger partial charge in [-0.2, -0.15) is 0 Å². The standard InChI is InChI=1S/C41H24N6/c1-3-10-25(11-4-1)45-32-15-8-7-14-27(32)29-22-30-37(23-36(29)45)46(26-12-5-2-6-13-26)34-18-17-28-39(38(30)34)40-35(16-9-20-43-40)47-33-19-21-42-24-31(33)44-41(28)47/h1-24H. The van der Waals surface area contributed by atoms with Crippen LogP contribution in [-0.2, 0) is 0 Å². The van der Waals surface area contributed by atoms with Crippen LogP contribution in [0.5, 0.6) is 0 Å². The van der Waals surface area contributed by atoms with Crippen LogP contribution in [0.3, 0.4) is 0 Å². The van der Waals surface area contributed by atoms with Crippen molar-refractivity contribution in [1.29, 1.82) is 0 Å². The topological polar surface area (TPSA) is 52.9 Å². The molecule has 0 fully saturated rings. The molecule has 6 nitrogen and oxygen atoms in total. The fourth-order valence-corrected chi connectivity index (χ4v) is 7.84. The third-order valence-corrected chi connectivity index (χ3v) is 9.72. The molecule has 6 heteroatoms. The minimum Gasteiger partial charge on any atom is -0.309 e. The Balaban J connectivity index is 1.41. The minimum atomic E-state index is 0.868. The Kier molecular flexibility index (Phi) is 4.75. The average Bonchev–Trinajstić information content (AvgIpc) is 3.79. The van der Waals surface area contributed by atoms with Crippen LogP contribution < -0.4 is 0 Å². The molecule has 0 aliphatic rings. The van der Waals surface area contributed by atoms with Gasteiger partial charge in [-0.05, 0) is 72.8 Å². The summed E-state index contributed by atoms with van der Waals surface area (Å²) in [5.74, 6) is 0. The number of aromatic nitrogens is 6. The van der Waals surface area contributed by atoms with Crippen molar-refractivity contribution in [2.24, 2.45) is 0 Å². The second-order valence-electron chi connectivity index (χ2n) is 12.1. The predicted octanol–water partition coefficient (Wildman–Crippen LogP) is 9.78. The van der Waals surface area contributed by atoms with Gasteiger partial charge < -0.3 is 9.13 Å². The zero-order valence-corrected chi connectivity index (χ0v) is 25.0. The Labute approximate surface area is 267 Å². The molecule has 218 valence electrons. The first-order valence-electron chi connectivity index (χ1n) is 15.8. The maximum absolute atomic E-state index is 5.14. The highest BCUT2D eigenvalue weighted by Gasteiger charge is 2.23. The van der Waals surface area contributed by atoms with Gasteiger partial charge in [0.1, 0.15) is 11.2 Å². The van der Waals surface area contributed by atoms with Crippen molar-refractivity contribution in [3.63, 3.8) is 0 Å². The lowest BCUT2D eigenvalue weighted by Crippen LogP contribution is -1.96. The molecule has 47 heavy (non-hydrogen) atoms. The summed E-state index contributed by atoms with van der Waals surface area (Å²) in [7, 11) is 0. The zero-order valence-electron chi connectivity index (χ0n) is 25.0. The van der Waals surface area contributed by atoms with Crippen molar-refractivity contribution in [3.8, 4) is 11.4 Å². The van der Waals surface area contributed by atoms with Gasteiger partial charge in [-0.15, -0.1) is 0 Å². The first-order chi connectivity index (χ1) is 23.3. The van der Waals surface area contributed by atoms with Gasteiger partial charge in [0.2, 0.25) is 0 Å². The molecule has 0 saturated carbocycles. The fourth-order valence-electron chi connectivity index (χ4n) is 7.84. The Morgan fingerprint density at radius 1 is 0.447 bits per heavy atom. The molecule has 6 aromatic heterocycles. The molecular formula is C41H24N6. The van der Waals surface area contributed by atoms with E-state index < -0.39 is 0 Å². The Morgan fingerprint density at radius 2 is 1.17 bits per heavy atom. The monoisotopic (exact) mass is 600 g/mol. The van der Waals surface area contributed by atoms with Crippen molar-refractivity contribution in [2.75, 3.05) is 0 Å². The van der Waals surface area contributed by atoms with E-state index in [9.17, 15) is 0 Å². The van der Waals surface area contributed by atoms with Crippen LogP contribution in [0, 0.1) is 0 Å². The quantitative estimate of drug-likeness (QED) is 0.186. The molecule has 11 rings (SSSR count). The fraction of sp³-hybridized carbons (Fsp3) is 0. The lowest BCUT2D eigenvalue weighted by molar-refractivity contribution is 1.16. The molecule has 5 aromatic carbocycles. The van der Waals surface area contributed by atoms with Crippen LogP contribution in [0.4, 0.5) is 0 Å². The number of imidazole rings is 1. The normalized spacial score (nSPS) is 12.3. The van der Waals surface area contributed by atoms with Gasteiger partial charge in [-0.25, -0.2) is 4.98 Å². The summed E-state index contributed by atoms with van der Waals surface area (Å²) in [6.07, 6.45) is 5.57. The molecule has 0 aliphatic carbocycles. The third-order valence-electron chi connectivity index (χ3n) is 9.72. The number of nitrogens with zero attached hydrogens (tertiary/aromatic N) is 6. The van der Waals surface area contributed by atoms with E-state index in [-0.39, 0.29) is 0 Å². The lowest BCUT2D eigenvalue weighted by Gasteiger charge is -2.11. The van der Waals surface area contributed by atoms with Gasteiger partial charge in [0.05, 0.1) is 44.8 Å². The van der Waals surface area contributed by atoms with Gasteiger partial charge in [0.15, 0.2) is 0 Å². The van der Waals surface area contributed by atoms with Crippen LogP contribution in [-0.4, -0.2) is 28.5 Å². The SMILES string of the molecule is c1ccc(-n2c3ccccc3c3cc4c5c6c(ccc5n(-c5ccccc5)c4cc32)c2nc3cnccc3n2c2cccnc62)cc1. The summed E-state index contributed by atoms with van der Waals surface area (Å²) in [6, 6.07) is 45.5. The molecule has 0 N–H and O–H groups in total. The van der Waals surface area contributed by atoms with E-state index in [1.165, 1.54) is 32.6 Å². The highest BCUT2D eigenvalue weighted by Crippen LogP contribution is 2.44. The summed E-state index contributed by atoms with van der Waals surface area (Å²) in [4.78, 5) is 14.6. The molecule has 11 aromatic rings. The van der Waals surface area contributed by atoms with E-state index in [0.29, 0.717) is 0 Å². The number of hydrogen-bond acceptors (Lipinski definition) is 3. The van der Waals surface area contributed by atoms with Gasteiger partial charge in [0, 0.05) is 56.1 Å². The second-order valence-corrected chi connectivity index (χ2v) is 12.1. The number of hydrogen-bond donors (Lipinski definition) is 0. The predicted molar refractivity (Wildman–Crippen MR) is 192 cm³/mol. The molecule has 0 atom stereocenters. The molecule has 0 spiro atoms. The van der Waals surface area contributed by atoms with Crippen molar-refractivity contribution < 1.29 is 0 Å². The molecule has 0 radical (unpaired) electrons. The van der Waals surface area contributed by atoms with Crippen LogP contribution in [0.25, 0.3) is 93.5 Å². The van der Waals surface area contributed by atoms with Crippen LogP contribution in [0.1, 0.15) is 0 Å². The van der Waals surface area contributed by atoms with Gasteiger partial charge in [-0.3, -0.25) is 14.4 Å². The van der Waals surface area contributed by atoms with E-state index in [4.69, 9.17) is 9.97 Å². The van der Waals surface area contributed by atoms with E-state index in [1.54, 1.807) is 0 Å². The Morgan fingerprint density at radius 3 is 2.00 bits per heavy atom. The highest BCUT2D eigenvalue weighted by molar-refractivity contribution is 6.31. The van der Waals surface area contributed by atoms with Crippen molar-refractivity contribution >= 4 is 82.1 Å². The van der Waals surface area contributed by atoms with E-state index in [2.05, 4.69) is 134 Å². The minimum absolute atomic E-state index is 0.868. The summed E-state index contributed by atoms with van der Waals surface area (Å²) in [5.41, 5.74) is 11.7. The Bertz CT molecular complexity index is 3060. The number of pyridine rings is 3. The summed E-state index contributed by atoms with van der Waals surface area (Å²) >= 11 is 0. The first-order valence-corrected chi connectivity index (χ1v) is 15.8. The van der Waals surface area contributed by atoms with Crippen LogP contribution in [0.15, 0.2) is 146 Å². The van der Waals surface area contributed by atoms with Crippen LogP contribution >= 0.6 is 0 Å². The highest BCUT2D eigenvalue weighted by atomic mass is 15.0. The number of rotatable bonds is 2. The summed E-state index contributed by atoms with van der Waals surface area (Å²) < 4.78 is 7.02. The Hall–Kier alpha value is -6.53. The van der Waals surface area contributed by atoms with E-state index in [1.807, 2.05) is 30.7 Å². The van der Waals surface area contributed by atoms with Gasteiger partial charge in [-0.1, -0.05) is 54.6 Å². The molecule has 0 amide bonds. The summed E-state index contributed by atoms with van der Waals surface area (Å²) in [5, 5.41) is 6.99. The first kappa shape index (κ1) is 24.8. The zero-order chi connectivity index (χ0) is 30.6. The van der Waals surface area contributed by atoms with E-state index in [0.717, 1.165) is 60.9 Å². The number of fused-ring (bicyclic) bond motifs is 15. The maximum Gasteiger partial charge on any atom is 0.146 e. The molecular weight excluding hydrogens is 576 g/mol. The third kappa shape index (κ3) is 3.21. The molecule has 0 bridgehead atoms. The lowest BCUT2D eigenvalue weighted by atomic mass is 10.0. The average molecular weight is 601 g/mol. The molecule has 6 heterocycles. The van der Waals surface area contributed by atoms with E-state index >= 15 is 0 Å². The molecule has 0 aliphatic heterocycles. The van der Waals surface area contributed by atoms with Crippen molar-refractivity contribution in [3.05, 3.63) is 146 Å².